The van der Waals surface area contributed by atoms with Gasteiger partial charge in [0.15, 0.2) is 0 Å². The number of hydrogen-bond acceptors (Lipinski definition) is 6. The lowest BCUT2D eigenvalue weighted by atomic mass is 10.0. The van der Waals surface area contributed by atoms with Crippen LogP contribution in [-0.2, 0) is 11.3 Å². The third-order valence-electron chi connectivity index (χ3n) is 12.4. The third-order valence-corrected chi connectivity index (χ3v) is 12.4. The largest absolute Gasteiger partial charge is 0.394 e. The van der Waals surface area contributed by atoms with E-state index in [9.17, 15) is 19.8 Å². The van der Waals surface area contributed by atoms with Crippen molar-refractivity contribution < 1.29 is 14.9 Å². The van der Waals surface area contributed by atoms with Crippen molar-refractivity contribution in [2.45, 2.75) is 258 Å². The van der Waals surface area contributed by atoms with E-state index in [0.29, 0.717) is 12.1 Å². The van der Waals surface area contributed by atoms with Crippen molar-refractivity contribution >= 4 is 0 Å². The molecular formula is C50H91N3O5. The number of hydrogen-bond donors (Lipinski definition) is 2. The standard InChI is InChI=1S/C50H91N3O5/c1-4-6-8-10-12-14-16-18-20-22-24-26-28-30-32-34-38-51(39-35-33-31-29-27-25-23-21-19-17-15-13-11-9-7-5-2)40-36-37-41-52-49(56)45(3)43-53(50(52)57)48-42-46(55)47(44-54)58-48/h43,46-48,54-55H,4-35,38-42,44H2,1-3H3/t46-,47-,48-/m1/s1. The Bertz CT molecular complexity index is 1260. The molecule has 0 saturated carbocycles. The fraction of sp³-hybridized carbons (Fsp3) is 0.880. The Morgan fingerprint density at radius 1 is 0.621 bits per heavy atom. The highest BCUT2D eigenvalue weighted by molar-refractivity contribution is 5.07. The zero-order valence-corrected chi connectivity index (χ0v) is 38.1. The summed E-state index contributed by atoms with van der Waals surface area (Å²) in [5.41, 5.74) is -0.439. The summed E-state index contributed by atoms with van der Waals surface area (Å²) < 4.78 is 8.24. The van der Waals surface area contributed by atoms with Crippen molar-refractivity contribution in [3.8, 4) is 11.8 Å². The predicted octanol–water partition coefficient (Wildman–Crippen LogP) is 11.8. The average Bonchev–Trinajstić information content (AvgIpc) is 3.60. The van der Waals surface area contributed by atoms with Gasteiger partial charge >= 0.3 is 5.69 Å². The summed E-state index contributed by atoms with van der Waals surface area (Å²) in [7, 11) is 0. The Morgan fingerprint density at radius 3 is 1.36 bits per heavy atom. The fourth-order valence-corrected chi connectivity index (χ4v) is 8.49. The summed E-state index contributed by atoms with van der Waals surface area (Å²) in [5.74, 6) is 6.42. The van der Waals surface area contributed by atoms with Crippen molar-refractivity contribution in [2.75, 3.05) is 26.2 Å². The van der Waals surface area contributed by atoms with E-state index < -0.39 is 24.1 Å². The molecule has 0 bridgehead atoms. The SMILES string of the molecule is CCCCCCCCCCCCCCCCCCN(CC#CCn1c(=O)c(C)cn([C@H]2C[C@@H](O)[C@@H](CO)O2)c1=O)CCCCCCCCCCCCCCCCCC. The van der Waals surface area contributed by atoms with Gasteiger partial charge in [-0.1, -0.05) is 218 Å². The van der Waals surface area contributed by atoms with Gasteiger partial charge in [0, 0.05) is 18.2 Å². The summed E-state index contributed by atoms with van der Waals surface area (Å²) >= 11 is 0. The van der Waals surface area contributed by atoms with Crippen LogP contribution < -0.4 is 11.2 Å². The molecule has 0 spiro atoms. The molecule has 8 heteroatoms. The molecule has 0 aromatic carbocycles. The van der Waals surface area contributed by atoms with Crippen molar-refractivity contribution in [3.05, 3.63) is 32.6 Å². The van der Waals surface area contributed by atoms with Gasteiger partial charge in [0.1, 0.15) is 12.3 Å². The highest BCUT2D eigenvalue weighted by Crippen LogP contribution is 2.27. The van der Waals surface area contributed by atoms with E-state index in [-0.39, 0.29) is 25.1 Å². The minimum Gasteiger partial charge on any atom is -0.394 e. The maximum absolute atomic E-state index is 13.3. The zero-order valence-electron chi connectivity index (χ0n) is 38.1. The van der Waals surface area contributed by atoms with Gasteiger partial charge in [0.05, 0.1) is 25.8 Å². The second-order valence-electron chi connectivity index (χ2n) is 17.7. The van der Waals surface area contributed by atoms with Crippen LogP contribution in [0.1, 0.15) is 238 Å². The van der Waals surface area contributed by atoms with Gasteiger partial charge in [-0.3, -0.25) is 14.3 Å². The van der Waals surface area contributed by atoms with Crippen molar-refractivity contribution in [1.29, 1.82) is 0 Å². The molecule has 8 nitrogen and oxygen atoms in total. The van der Waals surface area contributed by atoms with Crippen molar-refractivity contribution in [1.82, 2.24) is 14.0 Å². The maximum atomic E-state index is 13.3. The van der Waals surface area contributed by atoms with Gasteiger partial charge in [-0.25, -0.2) is 9.36 Å². The second kappa shape index (κ2) is 35.8. The molecule has 2 N–H and O–H groups in total. The predicted molar refractivity (Wildman–Crippen MR) is 245 cm³/mol. The van der Waals surface area contributed by atoms with Crippen molar-refractivity contribution in [2.24, 2.45) is 0 Å². The topological polar surface area (TPSA) is 96.9 Å². The summed E-state index contributed by atoms with van der Waals surface area (Å²) in [6, 6.07) is 0. The third kappa shape index (κ3) is 24.4. The van der Waals surface area contributed by atoms with Crippen LogP contribution >= 0.6 is 0 Å². The van der Waals surface area contributed by atoms with E-state index in [2.05, 4.69) is 30.6 Å². The van der Waals surface area contributed by atoms with Crippen LogP contribution in [0.4, 0.5) is 0 Å². The first-order valence-electron chi connectivity index (χ1n) is 24.9. The molecule has 1 fully saturated rings. The molecule has 0 amide bonds. The molecule has 336 valence electrons. The molecule has 1 aromatic rings. The molecule has 1 aromatic heterocycles. The Morgan fingerprint density at radius 2 is 1.00 bits per heavy atom. The quantitative estimate of drug-likeness (QED) is 0.0510. The summed E-state index contributed by atoms with van der Waals surface area (Å²) in [6.45, 7) is 8.66. The Kier molecular flexibility index (Phi) is 32.2. The number of aryl methyl sites for hydroxylation is 1. The van der Waals surface area contributed by atoms with Gasteiger partial charge in [0.25, 0.3) is 5.56 Å². The highest BCUT2D eigenvalue weighted by Gasteiger charge is 2.35. The van der Waals surface area contributed by atoms with Crippen LogP contribution in [0.5, 0.6) is 0 Å². The van der Waals surface area contributed by atoms with Crippen LogP contribution in [0.3, 0.4) is 0 Å². The monoisotopic (exact) mass is 814 g/mol. The van der Waals surface area contributed by atoms with Crippen LogP contribution in [0.2, 0.25) is 0 Å². The van der Waals surface area contributed by atoms with Crippen LogP contribution in [0.25, 0.3) is 0 Å². The molecule has 0 unspecified atom stereocenters. The smallest absolute Gasteiger partial charge is 0.333 e. The lowest BCUT2D eigenvalue weighted by Gasteiger charge is -2.20. The van der Waals surface area contributed by atoms with Gasteiger partial charge in [-0.15, -0.1) is 0 Å². The minimum atomic E-state index is -0.864. The second-order valence-corrected chi connectivity index (χ2v) is 17.7. The van der Waals surface area contributed by atoms with E-state index in [1.54, 1.807) is 6.92 Å². The molecule has 58 heavy (non-hydrogen) atoms. The Labute approximate surface area is 356 Å². The first-order chi connectivity index (χ1) is 28.4. The number of rotatable bonds is 38. The number of ether oxygens (including phenoxy) is 1. The van der Waals surface area contributed by atoms with Crippen LogP contribution in [-0.4, -0.2) is 62.7 Å². The van der Waals surface area contributed by atoms with Gasteiger partial charge in [-0.2, -0.15) is 0 Å². The lowest BCUT2D eigenvalue weighted by Crippen LogP contribution is -2.42. The Balaban J connectivity index is 1.73. The van der Waals surface area contributed by atoms with Crippen molar-refractivity contribution in [3.63, 3.8) is 0 Å². The Hall–Kier alpha value is -1.92. The van der Waals surface area contributed by atoms with E-state index in [4.69, 9.17) is 4.74 Å². The number of aromatic nitrogens is 2. The number of nitrogens with zero attached hydrogens (tertiary/aromatic N) is 3. The molecule has 2 rings (SSSR count). The number of aliphatic hydroxyl groups is 2. The van der Waals surface area contributed by atoms with Crippen LogP contribution in [0, 0.1) is 18.8 Å². The van der Waals surface area contributed by atoms with E-state index >= 15 is 0 Å². The minimum absolute atomic E-state index is 0.0178. The van der Waals surface area contributed by atoms with Gasteiger partial charge in [-0.05, 0) is 32.9 Å². The molecule has 1 saturated heterocycles. The molecule has 2 heterocycles. The normalized spacial score (nSPS) is 16.7. The number of unbranched alkanes of at least 4 members (excludes halogenated alkanes) is 30. The molecule has 1 aliphatic heterocycles. The summed E-state index contributed by atoms with van der Waals surface area (Å²) in [6.07, 6.45) is 43.1. The molecular weight excluding hydrogens is 723 g/mol. The lowest BCUT2D eigenvalue weighted by molar-refractivity contribution is -0.0463. The van der Waals surface area contributed by atoms with Gasteiger partial charge < -0.3 is 14.9 Å². The average molecular weight is 814 g/mol. The fourth-order valence-electron chi connectivity index (χ4n) is 8.49. The van der Waals surface area contributed by atoms with E-state index in [1.165, 1.54) is 221 Å². The first kappa shape index (κ1) is 52.2. The molecule has 0 aliphatic carbocycles. The molecule has 1 aliphatic rings. The highest BCUT2D eigenvalue weighted by atomic mass is 16.5. The van der Waals surface area contributed by atoms with E-state index in [1.807, 2.05) is 0 Å². The summed E-state index contributed by atoms with van der Waals surface area (Å²) in [4.78, 5) is 28.8. The molecule has 3 atom stereocenters. The van der Waals surface area contributed by atoms with Crippen LogP contribution in [0.15, 0.2) is 15.8 Å². The zero-order chi connectivity index (χ0) is 41.9. The van der Waals surface area contributed by atoms with E-state index in [0.717, 1.165) is 13.1 Å². The number of aliphatic hydroxyl groups excluding tert-OH is 2. The summed E-state index contributed by atoms with van der Waals surface area (Å²) in [5, 5.41) is 19.7. The van der Waals surface area contributed by atoms with Gasteiger partial charge in [0.2, 0.25) is 0 Å². The first-order valence-corrected chi connectivity index (χ1v) is 24.9. The maximum Gasteiger partial charge on any atom is 0.333 e. The molecule has 0 radical (unpaired) electrons.